The molecule has 16 heavy (non-hydrogen) atoms. The Morgan fingerprint density at radius 2 is 2.19 bits per heavy atom. The summed E-state index contributed by atoms with van der Waals surface area (Å²) in [5.74, 6) is 0.807. The Hall–Kier alpha value is -2.03. The van der Waals surface area contributed by atoms with Gasteiger partial charge in [-0.1, -0.05) is 0 Å². The second-order valence-corrected chi connectivity index (χ2v) is 3.83. The summed E-state index contributed by atoms with van der Waals surface area (Å²) in [5, 5.41) is 1.02. The number of hydrogen-bond donors (Lipinski definition) is 0. The summed E-state index contributed by atoms with van der Waals surface area (Å²) < 4.78 is 10.9. The van der Waals surface area contributed by atoms with Gasteiger partial charge in [-0.15, -0.1) is 0 Å². The second-order valence-electron chi connectivity index (χ2n) is 3.83. The topological polar surface area (TPSA) is 39.4 Å². The molecule has 0 saturated heterocycles. The molecular weight excluding hydrogens is 204 g/mol. The van der Waals surface area contributed by atoms with Crippen LogP contribution in [0.3, 0.4) is 0 Å². The van der Waals surface area contributed by atoms with Gasteiger partial charge < -0.3 is 9.15 Å². The quantitative estimate of drug-likeness (QED) is 0.732. The Morgan fingerprint density at radius 1 is 1.31 bits per heavy atom. The van der Waals surface area contributed by atoms with E-state index in [1.54, 1.807) is 13.2 Å². The number of furan rings is 1. The maximum Gasteiger partial charge on any atom is 0.159 e. The highest BCUT2D eigenvalue weighted by Crippen LogP contribution is 2.33. The predicted octanol–water partition coefficient (Wildman–Crippen LogP) is 2.80. The first kappa shape index (κ1) is 9.21. The van der Waals surface area contributed by atoms with Crippen molar-refractivity contribution in [1.82, 2.24) is 0 Å². The standard InChI is InChI=1S/C13H10O3/c1-8(14)10-6-11-12(16-7-10)3-2-9-4-5-15-13(9)11/h2-6H,7H2,1H3. The lowest BCUT2D eigenvalue weighted by molar-refractivity contribution is -0.113. The van der Waals surface area contributed by atoms with Gasteiger partial charge in [0.2, 0.25) is 0 Å². The van der Waals surface area contributed by atoms with Gasteiger partial charge >= 0.3 is 0 Å². The number of benzene rings is 1. The molecular formula is C13H10O3. The van der Waals surface area contributed by atoms with Gasteiger partial charge in [-0.3, -0.25) is 4.79 Å². The summed E-state index contributed by atoms with van der Waals surface area (Å²) >= 11 is 0. The fourth-order valence-corrected chi connectivity index (χ4v) is 1.87. The third-order valence-corrected chi connectivity index (χ3v) is 2.77. The average molecular weight is 214 g/mol. The number of ether oxygens (including phenoxy) is 1. The average Bonchev–Trinajstić information content (AvgIpc) is 2.76. The van der Waals surface area contributed by atoms with E-state index in [4.69, 9.17) is 9.15 Å². The van der Waals surface area contributed by atoms with Crippen LogP contribution in [0.5, 0.6) is 5.75 Å². The van der Waals surface area contributed by atoms with Crippen LogP contribution in [0.15, 0.2) is 34.5 Å². The van der Waals surface area contributed by atoms with Gasteiger partial charge in [-0.25, -0.2) is 0 Å². The molecule has 2 aromatic rings. The number of carbonyl (C=O) groups excluding carboxylic acids is 1. The largest absolute Gasteiger partial charge is 0.488 e. The van der Waals surface area contributed by atoms with E-state index in [0.29, 0.717) is 12.2 Å². The van der Waals surface area contributed by atoms with Crippen molar-refractivity contribution in [3.05, 3.63) is 35.6 Å². The predicted molar refractivity (Wildman–Crippen MR) is 60.4 cm³/mol. The number of carbonyl (C=O) groups is 1. The van der Waals surface area contributed by atoms with Crippen LogP contribution in [-0.4, -0.2) is 12.4 Å². The highest BCUT2D eigenvalue weighted by Gasteiger charge is 2.17. The molecule has 1 aliphatic heterocycles. The molecule has 0 spiro atoms. The van der Waals surface area contributed by atoms with Crippen LogP contribution in [-0.2, 0) is 4.79 Å². The van der Waals surface area contributed by atoms with Gasteiger partial charge in [0.05, 0.1) is 11.8 Å². The molecule has 0 fully saturated rings. The van der Waals surface area contributed by atoms with Gasteiger partial charge in [0.25, 0.3) is 0 Å². The zero-order chi connectivity index (χ0) is 11.1. The Morgan fingerprint density at radius 3 is 3.00 bits per heavy atom. The second kappa shape index (κ2) is 3.23. The first-order chi connectivity index (χ1) is 7.75. The van der Waals surface area contributed by atoms with Crippen LogP contribution >= 0.6 is 0 Å². The first-order valence-corrected chi connectivity index (χ1v) is 5.10. The summed E-state index contributed by atoms with van der Waals surface area (Å²) in [4.78, 5) is 11.3. The smallest absolute Gasteiger partial charge is 0.159 e. The molecule has 3 rings (SSSR count). The van der Waals surface area contributed by atoms with Crippen molar-refractivity contribution in [2.75, 3.05) is 6.61 Å². The van der Waals surface area contributed by atoms with Crippen LogP contribution in [0, 0.1) is 0 Å². The Bertz CT molecular complexity index is 605. The molecule has 0 saturated carbocycles. The van der Waals surface area contributed by atoms with Crippen LogP contribution in [0.1, 0.15) is 12.5 Å². The third kappa shape index (κ3) is 1.25. The van der Waals surface area contributed by atoms with Crippen molar-refractivity contribution in [2.24, 2.45) is 0 Å². The van der Waals surface area contributed by atoms with Crippen LogP contribution in [0.4, 0.5) is 0 Å². The molecule has 0 N–H and O–H groups in total. The zero-order valence-corrected chi connectivity index (χ0v) is 8.82. The van der Waals surface area contributed by atoms with Crippen LogP contribution < -0.4 is 4.74 Å². The molecule has 0 radical (unpaired) electrons. The van der Waals surface area contributed by atoms with E-state index >= 15 is 0 Å². The van der Waals surface area contributed by atoms with E-state index in [1.807, 2.05) is 24.3 Å². The zero-order valence-electron chi connectivity index (χ0n) is 8.82. The molecule has 1 aromatic heterocycles. The first-order valence-electron chi connectivity index (χ1n) is 5.10. The maximum absolute atomic E-state index is 11.3. The van der Waals surface area contributed by atoms with Crippen molar-refractivity contribution in [1.29, 1.82) is 0 Å². The molecule has 80 valence electrons. The fourth-order valence-electron chi connectivity index (χ4n) is 1.87. The van der Waals surface area contributed by atoms with Gasteiger partial charge in [-0.05, 0) is 31.2 Å². The van der Waals surface area contributed by atoms with Crippen molar-refractivity contribution in [3.8, 4) is 5.75 Å². The Kier molecular flexibility index (Phi) is 1.86. The number of rotatable bonds is 1. The molecule has 0 amide bonds. The molecule has 0 unspecified atom stereocenters. The summed E-state index contributed by atoms with van der Waals surface area (Å²) in [6, 6.07) is 5.75. The number of hydrogen-bond acceptors (Lipinski definition) is 3. The Balaban J connectivity index is 2.28. The van der Waals surface area contributed by atoms with Crippen molar-refractivity contribution in [3.63, 3.8) is 0 Å². The van der Waals surface area contributed by atoms with Gasteiger partial charge in [0, 0.05) is 11.0 Å². The van der Waals surface area contributed by atoms with E-state index in [9.17, 15) is 4.79 Å². The molecule has 0 bridgehead atoms. The number of Topliss-reactive ketones (excluding diaryl/α,β-unsaturated/α-hetero) is 1. The lowest BCUT2D eigenvalue weighted by Crippen LogP contribution is -2.12. The normalized spacial score (nSPS) is 14.2. The number of ketones is 1. The third-order valence-electron chi connectivity index (χ3n) is 2.77. The summed E-state index contributed by atoms with van der Waals surface area (Å²) in [7, 11) is 0. The lowest BCUT2D eigenvalue weighted by Gasteiger charge is -2.16. The van der Waals surface area contributed by atoms with E-state index in [1.165, 1.54) is 0 Å². The minimum atomic E-state index is 0.0363. The molecule has 3 nitrogen and oxygen atoms in total. The number of fused-ring (bicyclic) bond motifs is 3. The summed E-state index contributed by atoms with van der Waals surface area (Å²) in [6.45, 7) is 1.89. The van der Waals surface area contributed by atoms with Crippen molar-refractivity contribution >= 4 is 22.8 Å². The minimum absolute atomic E-state index is 0.0363. The summed E-state index contributed by atoms with van der Waals surface area (Å²) in [5.41, 5.74) is 2.31. The van der Waals surface area contributed by atoms with Crippen molar-refractivity contribution in [2.45, 2.75) is 6.92 Å². The molecule has 0 atom stereocenters. The molecule has 3 heteroatoms. The van der Waals surface area contributed by atoms with E-state index in [2.05, 4.69) is 0 Å². The van der Waals surface area contributed by atoms with Crippen LogP contribution in [0.2, 0.25) is 0 Å². The van der Waals surface area contributed by atoms with Crippen LogP contribution in [0.25, 0.3) is 17.0 Å². The van der Waals surface area contributed by atoms with Gasteiger partial charge in [-0.2, -0.15) is 0 Å². The monoisotopic (exact) mass is 214 g/mol. The highest BCUT2D eigenvalue weighted by atomic mass is 16.5. The molecule has 0 aliphatic carbocycles. The lowest BCUT2D eigenvalue weighted by atomic mass is 10.0. The fraction of sp³-hybridized carbons (Fsp3) is 0.154. The molecule has 1 aliphatic rings. The van der Waals surface area contributed by atoms with E-state index in [0.717, 1.165) is 22.3 Å². The summed E-state index contributed by atoms with van der Waals surface area (Å²) in [6.07, 6.45) is 3.49. The highest BCUT2D eigenvalue weighted by molar-refractivity contribution is 6.01. The molecule has 1 aromatic carbocycles. The maximum atomic E-state index is 11.3. The Labute approximate surface area is 92.3 Å². The van der Waals surface area contributed by atoms with Gasteiger partial charge in [0.15, 0.2) is 5.78 Å². The van der Waals surface area contributed by atoms with Crippen molar-refractivity contribution < 1.29 is 13.9 Å². The SMILES string of the molecule is CC(=O)C1=Cc2c(ccc3ccoc23)OC1. The van der Waals surface area contributed by atoms with E-state index in [-0.39, 0.29) is 5.78 Å². The minimum Gasteiger partial charge on any atom is -0.488 e. The van der Waals surface area contributed by atoms with E-state index < -0.39 is 0 Å². The van der Waals surface area contributed by atoms with Gasteiger partial charge in [0.1, 0.15) is 17.9 Å². The molecule has 2 heterocycles.